The van der Waals surface area contributed by atoms with Crippen molar-refractivity contribution in [3.63, 3.8) is 0 Å². The van der Waals surface area contributed by atoms with E-state index in [1.54, 1.807) is 0 Å². The molecule has 4 saturated carbocycles. The van der Waals surface area contributed by atoms with E-state index in [0.717, 1.165) is 18.3 Å². The minimum Gasteiger partial charge on any atom is -0.414 e. The molecule has 10 atom stereocenters. The normalized spacial score (nSPS) is 45.2. The maximum absolute atomic E-state index is 11.9. The molecule has 0 aromatic heterocycles. The van der Waals surface area contributed by atoms with Crippen molar-refractivity contribution in [3.8, 4) is 0 Å². The largest absolute Gasteiger partial charge is 0.414 e. The maximum Gasteiger partial charge on any atom is 0.192 e. The molecule has 0 spiro atoms. The van der Waals surface area contributed by atoms with E-state index in [2.05, 4.69) is 75.4 Å². The topological polar surface area (TPSA) is 29.5 Å². The van der Waals surface area contributed by atoms with Crippen LogP contribution in [0.5, 0.6) is 0 Å². The third-order valence-corrected chi connectivity index (χ3v) is 18.5. The molecule has 0 aromatic carbocycles. The van der Waals surface area contributed by atoms with Gasteiger partial charge in [-0.05, 0) is 122 Å². The van der Waals surface area contributed by atoms with Gasteiger partial charge in [-0.3, -0.25) is 0 Å². The molecular weight excluding hydrogens is 480 g/mol. The molecule has 0 amide bonds. The highest BCUT2D eigenvalue weighted by Crippen LogP contribution is 2.74. The average molecular weight is 547 g/mol. The second kappa shape index (κ2) is 10.4. The van der Waals surface area contributed by atoms with Gasteiger partial charge in [-0.1, -0.05) is 87.5 Å². The van der Waals surface area contributed by atoms with Gasteiger partial charge in [0, 0.05) is 6.10 Å². The van der Waals surface area contributed by atoms with Gasteiger partial charge in [0.15, 0.2) is 8.32 Å². The Hall–Kier alpha value is 0.137. The van der Waals surface area contributed by atoms with Crippen LogP contribution in [-0.2, 0) is 4.43 Å². The van der Waals surface area contributed by atoms with Gasteiger partial charge in [-0.2, -0.15) is 0 Å². The zero-order valence-corrected chi connectivity index (χ0v) is 28.5. The van der Waals surface area contributed by atoms with Crippen molar-refractivity contribution in [2.24, 2.45) is 45.8 Å². The highest BCUT2D eigenvalue weighted by Gasteiger charge is 2.68. The molecule has 0 heterocycles. The van der Waals surface area contributed by atoms with Crippen molar-refractivity contribution in [3.05, 3.63) is 0 Å². The van der Waals surface area contributed by atoms with Gasteiger partial charge in [-0.15, -0.1) is 0 Å². The summed E-state index contributed by atoms with van der Waals surface area (Å²) in [4.78, 5) is 0. The lowest BCUT2D eigenvalue weighted by Crippen LogP contribution is -2.64. The van der Waals surface area contributed by atoms with Crippen LogP contribution < -0.4 is 0 Å². The van der Waals surface area contributed by atoms with Gasteiger partial charge in [0.05, 0.1) is 5.60 Å². The van der Waals surface area contributed by atoms with E-state index >= 15 is 0 Å². The summed E-state index contributed by atoms with van der Waals surface area (Å²) in [5, 5.41) is 12.2. The van der Waals surface area contributed by atoms with Crippen molar-refractivity contribution in [1.29, 1.82) is 0 Å². The van der Waals surface area contributed by atoms with E-state index in [0.29, 0.717) is 34.7 Å². The summed E-state index contributed by atoms with van der Waals surface area (Å²) in [5.74, 6) is 3.50. The lowest BCUT2D eigenvalue weighted by molar-refractivity contribution is -0.210. The zero-order valence-electron chi connectivity index (χ0n) is 27.5. The molecule has 0 aromatic rings. The van der Waals surface area contributed by atoms with Gasteiger partial charge in [0.2, 0.25) is 0 Å². The molecule has 0 radical (unpaired) electrons. The zero-order chi connectivity index (χ0) is 28.4. The summed E-state index contributed by atoms with van der Waals surface area (Å²) < 4.78 is 7.48. The summed E-state index contributed by atoms with van der Waals surface area (Å²) in [6.45, 7) is 27.2. The van der Waals surface area contributed by atoms with Crippen molar-refractivity contribution in [1.82, 2.24) is 0 Å². The Morgan fingerprint density at radius 3 is 2.11 bits per heavy atom. The van der Waals surface area contributed by atoms with Gasteiger partial charge in [0.1, 0.15) is 0 Å². The smallest absolute Gasteiger partial charge is 0.192 e. The van der Waals surface area contributed by atoms with Crippen LogP contribution in [0.15, 0.2) is 0 Å². The van der Waals surface area contributed by atoms with E-state index in [-0.39, 0.29) is 10.5 Å². The predicted molar refractivity (Wildman–Crippen MR) is 166 cm³/mol. The third kappa shape index (κ3) is 5.14. The first-order valence-electron chi connectivity index (χ1n) is 16.8. The molecule has 3 heteroatoms. The molecule has 0 saturated heterocycles. The molecule has 4 rings (SSSR count). The van der Waals surface area contributed by atoms with Crippen LogP contribution >= 0.6 is 0 Å². The van der Waals surface area contributed by atoms with E-state index in [1.165, 1.54) is 77.0 Å². The molecule has 1 N–H and O–H groups in total. The van der Waals surface area contributed by atoms with Crippen LogP contribution in [-0.4, -0.2) is 25.1 Å². The third-order valence-electron chi connectivity index (χ3n) is 14.0. The Balaban J connectivity index is 1.66. The SMILES string of the molecule is CCCCCC[C@](C)(O)[C@H]1CC[C@H]2[C@]3(C)C[C@H](O[Si](C)(C)C(C)(C)C)[C@H]4C[C@@H](C)CC[C@]4(C)[C@H]3CC[C@@]21C. The number of rotatable bonds is 8. The summed E-state index contributed by atoms with van der Waals surface area (Å²) >= 11 is 0. The van der Waals surface area contributed by atoms with Crippen molar-refractivity contribution in [2.45, 2.75) is 176 Å². The van der Waals surface area contributed by atoms with E-state index in [4.69, 9.17) is 4.43 Å². The predicted octanol–water partition coefficient (Wildman–Crippen LogP) is 10.4. The number of hydrogen-bond donors (Lipinski definition) is 1. The van der Waals surface area contributed by atoms with Crippen LogP contribution in [0.3, 0.4) is 0 Å². The van der Waals surface area contributed by atoms with Crippen molar-refractivity contribution in [2.75, 3.05) is 0 Å². The molecule has 0 aliphatic heterocycles. The Labute approximate surface area is 239 Å². The Kier molecular flexibility index (Phi) is 8.54. The van der Waals surface area contributed by atoms with Crippen molar-refractivity contribution >= 4 is 8.32 Å². The highest BCUT2D eigenvalue weighted by molar-refractivity contribution is 6.74. The molecule has 4 fully saturated rings. The van der Waals surface area contributed by atoms with Crippen LogP contribution in [0.2, 0.25) is 18.1 Å². The molecule has 0 unspecified atom stereocenters. The maximum atomic E-state index is 11.9. The van der Waals surface area contributed by atoms with Crippen LogP contribution in [0, 0.1) is 45.8 Å². The van der Waals surface area contributed by atoms with Crippen molar-refractivity contribution < 1.29 is 9.53 Å². The molecule has 2 nitrogen and oxygen atoms in total. The molecule has 0 bridgehead atoms. The summed E-state index contributed by atoms with van der Waals surface area (Å²) in [6, 6.07) is 0. The van der Waals surface area contributed by atoms with E-state index < -0.39 is 13.9 Å². The fourth-order valence-corrected chi connectivity index (χ4v) is 12.4. The molecular formula is C35H66O2Si. The molecule has 4 aliphatic rings. The van der Waals surface area contributed by atoms with Gasteiger partial charge in [-0.25, -0.2) is 0 Å². The van der Waals surface area contributed by atoms with Crippen LogP contribution in [0.4, 0.5) is 0 Å². The van der Waals surface area contributed by atoms with Gasteiger partial charge in [0.25, 0.3) is 0 Å². The Morgan fingerprint density at radius 1 is 0.842 bits per heavy atom. The summed E-state index contributed by atoms with van der Waals surface area (Å²) in [7, 11) is -1.87. The Morgan fingerprint density at radius 2 is 1.47 bits per heavy atom. The van der Waals surface area contributed by atoms with Gasteiger partial charge < -0.3 is 9.53 Å². The van der Waals surface area contributed by atoms with E-state index in [9.17, 15) is 5.11 Å². The second-order valence-electron chi connectivity index (χ2n) is 17.6. The molecule has 4 aliphatic carbocycles. The quantitative estimate of drug-likeness (QED) is 0.242. The van der Waals surface area contributed by atoms with E-state index in [1.807, 2.05) is 0 Å². The minimum absolute atomic E-state index is 0.247. The number of aliphatic hydroxyl groups is 1. The van der Waals surface area contributed by atoms with Crippen LogP contribution in [0.1, 0.15) is 146 Å². The first kappa shape index (κ1) is 31.1. The second-order valence-corrected chi connectivity index (χ2v) is 22.3. The number of unbranched alkanes of at least 4 members (excludes halogenated alkanes) is 3. The molecule has 222 valence electrons. The lowest BCUT2D eigenvalue weighted by atomic mass is 9.38. The Bertz CT molecular complexity index is 828. The van der Waals surface area contributed by atoms with Crippen LogP contribution in [0.25, 0.3) is 0 Å². The average Bonchev–Trinajstić information content (AvgIpc) is 3.16. The summed E-state index contributed by atoms with van der Waals surface area (Å²) in [6.07, 6.45) is 17.0. The van der Waals surface area contributed by atoms with Gasteiger partial charge >= 0.3 is 0 Å². The first-order valence-corrected chi connectivity index (χ1v) is 19.7. The minimum atomic E-state index is -1.87. The highest BCUT2D eigenvalue weighted by atomic mass is 28.4. The number of hydrogen-bond acceptors (Lipinski definition) is 2. The monoisotopic (exact) mass is 546 g/mol. The first-order chi connectivity index (χ1) is 17.4. The fourth-order valence-electron chi connectivity index (χ4n) is 11.0. The summed E-state index contributed by atoms with van der Waals surface area (Å²) in [5.41, 5.74) is 0.443. The number of fused-ring (bicyclic) bond motifs is 5. The fraction of sp³-hybridized carbons (Fsp3) is 1.00. The standard InChI is InChI=1S/C35H66O2Si/c1-12-13-14-15-20-35(9,36)30-17-16-28-33(30,7)22-19-29-32(6)21-18-25(2)23-26(32)27(24-34(28,29)8)37-38(10,11)31(3,4)5/h25-30,36H,12-24H2,1-11H3/t25-,26+,27-,28+,29+,30-,32-,33-,34-,35-/m0/s1. The molecule has 38 heavy (non-hydrogen) atoms. The lowest BCUT2D eigenvalue weighted by Gasteiger charge is -2.68.